The second-order valence-electron chi connectivity index (χ2n) is 1.74. The van der Waals surface area contributed by atoms with Gasteiger partial charge >= 0.3 is 0 Å². The van der Waals surface area contributed by atoms with Gasteiger partial charge in [0.25, 0.3) is 0 Å². The maximum atomic E-state index is 3.22. The molecule has 0 saturated carbocycles. The molecule has 0 spiro atoms. The van der Waals surface area contributed by atoms with Crippen molar-refractivity contribution in [2.45, 2.75) is 0 Å². The van der Waals surface area contributed by atoms with Crippen LogP contribution in [0.1, 0.15) is 0 Å². The first-order valence-corrected chi connectivity index (χ1v) is 3.52. The summed E-state index contributed by atoms with van der Waals surface area (Å²) in [6, 6.07) is 0. The van der Waals surface area contributed by atoms with Gasteiger partial charge in [0.1, 0.15) is 0 Å². The molecule has 1 rings (SSSR count). The number of thioether (sulfide) groups is 1. The Labute approximate surface area is 48.3 Å². The van der Waals surface area contributed by atoms with Crippen molar-refractivity contribution in [2.24, 2.45) is 0 Å². The predicted molar refractivity (Wildman–Crippen MR) is 33.1 cm³/mol. The molecule has 0 aromatic rings. The van der Waals surface area contributed by atoms with E-state index in [0.29, 0.717) is 0 Å². The highest BCUT2D eigenvalue weighted by atomic mass is 32.2. The van der Waals surface area contributed by atoms with Crippen LogP contribution in [0.4, 0.5) is 0 Å². The maximum absolute atomic E-state index is 3.22. The van der Waals surface area contributed by atoms with E-state index in [9.17, 15) is 0 Å². The molecule has 1 aliphatic rings. The van der Waals surface area contributed by atoms with E-state index in [1.54, 1.807) is 0 Å². The average Bonchev–Trinajstić information content (AvgIpc) is 1.69. The maximum Gasteiger partial charge on any atom is 0.0491 e. The fraction of sp³-hybridized carbons (Fsp3) is 1.00. The Bertz CT molecular complexity index is 51.7. The standard InChI is InChI=1S/C4H10N2S/c1-6-2-5-3-7-4-6/h5H,2-4H2,1H3. The molecule has 0 unspecified atom stereocenters. The van der Waals surface area contributed by atoms with Crippen molar-refractivity contribution in [1.29, 1.82) is 0 Å². The first kappa shape index (κ1) is 5.41. The molecular formula is C4H10N2S. The van der Waals surface area contributed by atoms with Crippen LogP contribution in [0.2, 0.25) is 0 Å². The third-order valence-electron chi connectivity index (χ3n) is 0.898. The monoisotopic (exact) mass is 118 g/mol. The van der Waals surface area contributed by atoms with Crippen molar-refractivity contribution in [3.05, 3.63) is 0 Å². The molecular weight excluding hydrogens is 108 g/mol. The van der Waals surface area contributed by atoms with Crippen LogP contribution in [0, 0.1) is 0 Å². The van der Waals surface area contributed by atoms with Crippen LogP contribution in [-0.4, -0.2) is 30.4 Å². The van der Waals surface area contributed by atoms with Crippen molar-refractivity contribution >= 4 is 11.8 Å². The second-order valence-corrected chi connectivity index (χ2v) is 2.70. The van der Waals surface area contributed by atoms with E-state index in [-0.39, 0.29) is 0 Å². The van der Waals surface area contributed by atoms with Gasteiger partial charge in [-0.2, -0.15) is 0 Å². The van der Waals surface area contributed by atoms with Gasteiger partial charge in [-0.3, -0.25) is 10.2 Å². The van der Waals surface area contributed by atoms with Crippen molar-refractivity contribution in [2.75, 3.05) is 25.5 Å². The Kier molecular flexibility index (Phi) is 1.97. The zero-order valence-electron chi connectivity index (χ0n) is 4.48. The lowest BCUT2D eigenvalue weighted by Gasteiger charge is -2.21. The lowest BCUT2D eigenvalue weighted by atomic mass is 10.8. The summed E-state index contributed by atoms with van der Waals surface area (Å²) in [5.41, 5.74) is 0. The van der Waals surface area contributed by atoms with Crippen LogP contribution in [0.3, 0.4) is 0 Å². The van der Waals surface area contributed by atoms with E-state index in [4.69, 9.17) is 0 Å². The van der Waals surface area contributed by atoms with Crippen LogP contribution in [-0.2, 0) is 0 Å². The molecule has 2 nitrogen and oxygen atoms in total. The number of rotatable bonds is 0. The van der Waals surface area contributed by atoms with Crippen LogP contribution >= 0.6 is 11.8 Å². The molecule has 0 aromatic carbocycles. The van der Waals surface area contributed by atoms with Gasteiger partial charge in [-0.15, -0.1) is 11.8 Å². The number of nitrogens with zero attached hydrogens (tertiary/aromatic N) is 1. The molecule has 1 N–H and O–H groups in total. The van der Waals surface area contributed by atoms with Crippen molar-refractivity contribution in [3.8, 4) is 0 Å². The lowest BCUT2D eigenvalue weighted by Crippen LogP contribution is -2.35. The summed E-state index contributed by atoms with van der Waals surface area (Å²) in [4.78, 5) is 2.24. The normalized spacial score (nSPS) is 25.3. The van der Waals surface area contributed by atoms with Gasteiger partial charge < -0.3 is 0 Å². The highest BCUT2D eigenvalue weighted by molar-refractivity contribution is 7.99. The van der Waals surface area contributed by atoms with Crippen molar-refractivity contribution in [3.63, 3.8) is 0 Å². The Morgan fingerprint density at radius 1 is 1.71 bits per heavy atom. The minimum Gasteiger partial charge on any atom is -0.295 e. The zero-order valence-corrected chi connectivity index (χ0v) is 5.29. The molecule has 1 heterocycles. The third kappa shape index (κ3) is 1.67. The third-order valence-corrected chi connectivity index (χ3v) is 1.93. The number of hydrogen-bond donors (Lipinski definition) is 1. The predicted octanol–water partition coefficient (Wildman–Crippen LogP) is 0.127. The van der Waals surface area contributed by atoms with Crippen molar-refractivity contribution < 1.29 is 0 Å². The van der Waals surface area contributed by atoms with Crippen LogP contribution < -0.4 is 5.32 Å². The fourth-order valence-electron chi connectivity index (χ4n) is 0.556. The molecule has 0 amide bonds. The lowest BCUT2D eigenvalue weighted by molar-refractivity contribution is 0.356. The molecule has 0 bridgehead atoms. The van der Waals surface area contributed by atoms with Gasteiger partial charge in [0, 0.05) is 18.4 Å². The molecule has 3 heteroatoms. The van der Waals surface area contributed by atoms with Crippen LogP contribution in [0.25, 0.3) is 0 Å². The molecule has 42 valence electrons. The Morgan fingerprint density at radius 2 is 2.57 bits per heavy atom. The summed E-state index contributed by atoms with van der Waals surface area (Å²) in [6.07, 6.45) is 0. The minimum absolute atomic E-state index is 1.05. The Hall–Kier alpha value is 0.270. The van der Waals surface area contributed by atoms with Crippen LogP contribution in [0.15, 0.2) is 0 Å². The molecule has 0 aromatic heterocycles. The summed E-state index contributed by atoms with van der Waals surface area (Å²) in [5.74, 6) is 2.29. The molecule has 0 radical (unpaired) electrons. The molecule has 7 heavy (non-hydrogen) atoms. The van der Waals surface area contributed by atoms with E-state index in [1.807, 2.05) is 11.8 Å². The second kappa shape index (κ2) is 2.55. The highest BCUT2D eigenvalue weighted by Gasteiger charge is 2.01. The largest absolute Gasteiger partial charge is 0.295 e. The first-order chi connectivity index (χ1) is 3.39. The van der Waals surface area contributed by atoms with Gasteiger partial charge in [-0.25, -0.2) is 0 Å². The topological polar surface area (TPSA) is 15.3 Å². The van der Waals surface area contributed by atoms with Gasteiger partial charge in [-0.05, 0) is 7.05 Å². The fourth-order valence-corrected chi connectivity index (χ4v) is 1.29. The van der Waals surface area contributed by atoms with Gasteiger partial charge in [0.15, 0.2) is 0 Å². The van der Waals surface area contributed by atoms with Gasteiger partial charge in [0.05, 0.1) is 0 Å². The van der Waals surface area contributed by atoms with E-state index in [0.717, 1.165) is 12.5 Å². The summed E-state index contributed by atoms with van der Waals surface area (Å²) >= 11 is 1.92. The smallest absolute Gasteiger partial charge is 0.0491 e. The highest BCUT2D eigenvalue weighted by Crippen LogP contribution is 2.02. The summed E-state index contributed by atoms with van der Waals surface area (Å²) < 4.78 is 0. The Balaban J connectivity index is 2.12. The molecule has 0 aliphatic carbocycles. The molecule has 0 atom stereocenters. The summed E-state index contributed by atoms with van der Waals surface area (Å²) in [6.45, 7) is 1.05. The molecule has 1 fully saturated rings. The SMILES string of the molecule is CN1CNCSC1. The minimum atomic E-state index is 1.05. The number of nitrogens with one attached hydrogen (secondary N) is 1. The summed E-state index contributed by atoms with van der Waals surface area (Å²) in [5, 5.41) is 3.22. The quantitative estimate of drug-likeness (QED) is 0.486. The van der Waals surface area contributed by atoms with Crippen LogP contribution in [0.5, 0.6) is 0 Å². The first-order valence-electron chi connectivity index (χ1n) is 2.36. The van der Waals surface area contributed by atoms with E-state index in [1.165, 1.54) is 5.88 Å². The van der Waals surface area contributed by atoms with Crippen molar-refractivity contribution in [1.82, 2.24) is 10.2 Å². The van der Waals surface area contributed by atoms with Gasteiger partial charge in [0.2, 0.25) is 0 Å². The average molecular weight is 118 g/mol. The number of hydrogen-bond acceptors (Lipinski definition) is 3. The molecule has 1 aliphatic heterocycles. The Morgan fingerprint density at radius 3 is 2.86 bits per heavy atom. The summed E-state index contributed by atoms with van der Waals surface area (Å²) in [7, 11) is 2.11. The van der Waals surface area contributed by atoms with E-state index < -0.39 is 0 Å². The molecule has 1 saturated heterocycles. The van der Waals surface area contributed by atoms with Gasteiger partial charge in [-0.1, -0.05) is 0 Å². The zero-order chi connectivity index (χ0) is 5.11. The van der Waals surface area contributed by atoms with E-state index >= 15 is 0 Å². The van der Waals surface area contributed by atoms with E-state index in [2.05, 4.69) is 17.3 Å².